The van der Waals surface area contributed by atoms with Crippen LogP contribution in [0.3, 0.4) is 0 Å². The van der Waals surface area contributed by atoms with E-state index in [1.807, 2.05) is 0 Å². The van der Waals surface area contributed by atoms with Gasteiger partial charge >= 0.3 is 12.1 Å². The molecular formula is C16H17F3N4O3. The molecule has 0 aliphatic heterocycles. The standard InChI is InChI=1S/C16H17F3N4O3/c1-9(2)14-11(15(26)20-6-5-13(24)25)8-22-23(14)12-4-3-10(7-21-12)16(17,18)19/h3-4,7-9H,5-6H2,1-2H3,(H,20,26)(H,24,25). The molecule has 7 nitrogen and oxygen atoms in total. The minimum absolute atomic E-state index is 0.0462. The van der Waals surface area contributed by atoms with Gasteiger partial charge in [-0.05, 0) is 18.1 Å². The first-order valence-electron chi connectivity index (χ1n) is 7.72. The van der Waals surface area contributed by atoms with Crippen LogP contribution in [0.5, 0.6) is 0 Å². The average Bonchev–Trinajstić information content (AvgIpc) is 2.99. The molecule has 0 saturated heterocycles. The molecule has 26 heavy (non-hydrogen) atoms. The number of nitrogens with zero attached hydrogens (tertiary/aromatic N) is 3. The summed E-state index contributed by atoms with van der Waals surface area (Å²) in [5.74, 6) is -1.58. The number of carbonyl (C=O) groups is 2. The predicted octanol–water partition coefficient (Wildman–Crippen LogP) is 2.61. The maximum absolute atomic E-state index is 12.7. The van der Waals surface area contributed by atoms with E-state index in [0.717, 1.165) is 6.07 Å². The van der Waals surface area contributed by atoms with E-state index in [1.54, 1.807) is 13.8 Å². The zero-order valence-electron chi connectivity index (χ0n) is 14.0. The molecule has 0 aromatic carbocycles. The summed E-state index contributed by atoms with van der Waals surface area (Å²) in [4.78, 5) is 26.6. The molecule has 0 aliphatic rings. The lowest BCUT2D eigenvalue weighted by Gasteiger charge is -2.13. The number of aliphatic carboxylic acids is 1. The highest BCUT2D eigenvalue weighted by Crippen LogP contribution is 2.29. The summed E-state index contributed by atoms with van der Waals surface area (Å²) in [6.45, 7) is 3.55. The number of hydrogen-bond donors (Lipinski definition) is 2. The third-order valence-corrected chi connectivity index (χ3v) is 3.51. The normalized spacial score (nSPS) is 11.6. The van der Waals surface area contributed by atoms with Crippen molar-refractivity contribution >= 4 is 11.9 Å². The van der Waals surface area contributed by atoms with Gasteiger partial charge in [0, 0.05) is 12.7 Å². The summed E-state index contributed by atoms with van der Waals surface area (Å²) in [5, 5.41) is 15.2. The highest BCUT2D eigenvalue weighted by Gasteiger charge is 2.31. The lowest BCUT2D eigenvalue weighted by atomic mass is 10.1. The summed E-state index contributed by atoms with van der Waals surface area (Å²) < 4.78 is 39.3. The highest BCUT2D eigenvalue weighted by molar-refractivity contribution is 5.95. The molecule has 0 aliphatic carbocycles. The first-order chi connectivity index (χ1) is 12.1. The van der Waals surface area contributed by atoms with Crippen LogP contribution in [-0.2, 0) is 11.0 Å². The van der Waals surface area contributed by atoms with Crippen LogP contribution in [0.25, 0.3) is 5.82 Å². The van der Waals surface area contributed by atoms with E-state index in [1.165, 1.54) is 16.9 Å². The number of nitrogens with one attached hydrogen (secondary N) is 1. The molecular weight excluding hydrogens is 353 g/mol. The average molecular weight is 370 g/mol. The molecule has 2 N–H and O–H groups in total. The summed E-state index contributed by atoms with van der Waals surface area (Å²) in [6, 6.07) is 2.06. The number of pyridine rings is 1. The molecule has 2 aromatic rings. The van der Waals surface area contributed by atoms with Crippen molar-refractivity contribution in [3.63, 3.8) is 0 Å². The predicted molar refractivity (Wildman–Crippen MR) is 85.0 cm³/mol. The Morgan fingerprint density at radius 2 is 1.96 bits per heavy atom. The van der Waals surface area contributed by atoms with Crippen molar-refractivity contribution in [2.24, 2.45) is 0 Å². The largest absolute Gasteiger partial charge is 0.481 e. The van der Waals surface area contributed by atoms with E-state index >= 15 is 0 Å². The van der Waals surface area contributed by atoms with Gasteiger partial charge in [-0.25, -0.2) is 9.67 Å². The number of alkyl halides is 3. The minimum Gasteiger partial charge on any atom is -0.481 e. The number of carboxylic acid groups (broad SMARTS) is 1. The Morgan fingerprint density at radius 3 is 2.46 bits per heavy atom. The van der Waals surface area contributed by atoms with Gasteiger partial charge in [0.25, 0.3) is 5.91 Å². The quantitative estimate of drug-likeness (QED) is 0.815. The lowest BCUT2D eigenvalue weighted by Crippen LogP contribution is -2.27. The number of carboxylic acids is 1. The third-order valence-electron chi connectivity index (χ3n) is 3.51. The second kappa shape index (κ2) is 7.54. The zero-order valence-corrected chi connectivity index (χ0v) is 14.0. The number of aromatic nitrogens is 3. The molecule has 1 amide bonds. The molecule has 2 heterocycles. The van der Waals surface area contributed by atoms with Crippen molar-refractivity contribution in [2.45, 2.75) is 32.4 Å². The Balaban J connectivity index is 2.31. The zero-order chi connectivity index (χ0) is 19.5. The Bertz CT molecular complexity index is 798. The Labute approximate surface area is 146 Å². The summed E-state index contributed by atoms with van der Waals surface area (Å²) in [5.41, 5.74) is -0.205. The smallest absolute Gasteiger partial charge is 0.417 e. The van der Waals surface area contributed by atoms with Gasteiger partial charge in [0.2, 0.25) is 0 Å². The molecule has 140 valence electrons. The van der Waals surface area contributed by atoms with E-state index in [-0.39, 0.29) is 30.3 Å². The van der Waals surface area contributed by atoms with Crippen LogP contribution in [0.15, 0.2) is 24.5 Å². The fourth-order valence-electron chi connectivity index (χ4n) is 2.33. The molecule has 0 bridgehead atoms. The van der Waals surface area contributed by atoms with E-state index in [9.17, 15) is 22.8 Å². The molecule has 0 saturated carbocycles. The van der Waals surface area contributed by atoms with Gasteiger partial charge in [-0.1, -0.05) is 13.8 Å². The molecule has 0 radical (unpaired) electrons. The van der Waals surface area contributed by atoms with Gasteiger partial charge in [0.1, 0.15) is 0 Å². The van der Waals surface area contributed by atoms with Crippen molar-refractivity contribution in [1.82, 2.24) is 20.1 Å². The topological polar surface area (TPSA) is 97.1 Å². The van der Waals surface area contributed by atoms with Crippen LogP contribution in [0.1, 0.15) is 47.8 Å². The van der Waals surface area contributed by atoms with Crippen LogP contribution in [0.2, 0.25) is 0 Å². The van der Waals surface area contributed by atoms with Crippen LogP contribution < -0.4 is 5.32 Å². The second-order valence-corrected chi connectivity index (χ2v) is 5.81. The molecule has 2 rings (SSSR count). The Morgan fingerprint density at radius 1 is 1.27 bits per heavy atom. The number of carbonyl (C=O) groups excluding carboxylic acids is 1. The highest BCUT2D eigenvalue weighted by atomic mass is 19.4. The van der Waals surface area contributed by atoms with Gasteiger partial charge in [-0.15, -0.1) is 0 Å². The first-order valence-corrected chi connectivity index (χ1v) is 7.72. The summed E-state index contributed by atoms with van der Waals surface area (Å²) in [7, 11) is 0. The molecule has 0 spiro atoms. The summed E-state index contributed by atoms with van der Waals surface area (Å²) in [6.07, 6.45) is -2.73. The number of hydrogen-bond acceptors (Lipinski definition) is 4. The summed E-state index contributed by atoms with van der Waals surface area (Å²) >= 11 is 0. The van der Waals surface area contributed by atoms with Crippen molar-refractivity contribution in [1.29, 1.82) is 0 Å². The molecule has 2 aromatic heterocycles. The van der Waals surface area contributed by atoms with Crippen LogP contribution in [0, 0.1) is 0 Å². The minimum atomic E-state index is -4.49. The van der Waals surface area contributed by atoms with Gasteiger partial charge in [0.15, 0.2) is 5.82 Å². The van der Waals surface area contributed by atoms with E-state index < -0.39 is 23.6 Å². The van der Waals surface area contributed by atoms with Crippen LogP contribution in [-0.4, -0.2) is 38.3 Å². The second-order valence-electron chi connectivity index (χ2n) is 5.81. The van der Waals surface area contributed by atoms with E-state index in [4.69, 9.17) is 5.11 Å². The maximum atomic E-state index is 12.7. The Hall–Kier alpha value is -2.91. The van der Waals surface area contributed by atoms with Gasteiger partial charge in [0.05, 0.1) is 29.4 Å². The van der Waals surface area contributed by atoms with Gasteiger partial charge in [-0.2, -0.15) is 18.3 Å². The van der Waals surface area contributed by atoms with Crippen molar-refractivity contribution < 1.29 is 27.9 Å². The molecule has 0 unspecified atom stereocenters. The maximum Gasteiger partial charge on any atom is 0.417 e. The van der Waals surface area contributed by atoms with Crippen LogP contribution >= 0.6 is 0 Å². The third kappa shape index (κ3) is 4.38. The number of halogens is 3. The van der Waals surface area contributed by atoms with Crippen LogP contribution in [0.4, 0.5) is 13.2 Å². The van der Waals surface area contributed by atoms with Crippen molar-refractivity contribution in [2.75, 3.05) is 6.54 Å². The van der Waals surface area contributed by atoms with Gasteiger partial charge < -0.3 is 10.4 Å². The molecule has 0 fully saturated rings. The molecule has 10 heteroatoms. The van der Waals surface area contributed by atoms with E-state index in [0.29, 0.717) is 11.9 Å². The first kappa shape index (κ1) is 19.4. The monoisotopic (exact) mass is 370 g/mol. The molecule has 0 atom stereocenters. The van der Waals surface area contributed by atoms with E-state index in [2.05, 4.69) is 15.4 Å². The van der Waals surface area contributed by atoms with Crippen molar-refractivity contribution in [3.05, 3.63) is 41.3 Å². The SMILES string of the molecule is CC(C)c1c(C(=O)NCCC(=O)O)cnn1-c1ccc(C(F)(F)F)cn1. The number of amides is 1. The van der Waals surface area contributed by atoms with Crippen molar-refractivity contribution in [3.8, 4) is 5.82 Å². The Kier molecular flexibility index (Phi) is 5.63. The lowest BCUT2D eigenvalue weighted by molar-refractivity contribution is -0.138. The van der Waals surface area contributed by atoms with Gasteiger partial charge in [-0.3, -0.25) is 9.59 Å². The fourth-order valence-corrected chi connectivity index (χ4v) is 2.33. The fraction of sp³-hybridized carbons (Fsp3) is 0.375. The number of rotatable bonds is 6.